The van der Waals surface area contributed by atoms with Crippen molar-refractivity contribution in [3.8, 4) is 0 Å². The highest BCUT2D eigenvalue weighted by Gasteiger charge is 2.32. The molecule has 3 aromatic rings. The molecule has 1 heterocycles. The first kappa shape index (κ1) is 16.0. The first-order valence-corrected chi connectivity index (χ1v) is 8.31. The third kappa shape index (κ3) is 2.32. The van der Waals surface area contributed by atoms with Crippen LogP contribution in [0.2, 0.25) is 0 Å². The standard InChI is InChI=1S/C19H11F4NS/c1-10-15(20)17(22)19(18(23)16(10)21)24-11-6-2-4-8-13(11)25-14-9-5-3-7-12(14)24/h2-9H,1H3. The van der Waals surface area contributed by atoms with E-state index in [1.807, 2.05) is 0 Å². The Balaban J connectivity index is 2.08. The van der Waals surface area contributed by atoms with E-state index in [-0.39, 0.29) is 0 Å². The highest BCUT2D eigenvalue weighted by atomic mass is 32.2. The van der Waals surface area contributed by atoms with E-state index in [9.17, 15) is 17.6 Å². The summed E-state index contributed by atoms with van der Waals surface area (Å²) in [6, 6.07) is 13.9. The van der Waals surface area contributed by atoms with Crippen LogP contribution in [0.3, 0.4) is 0 Å². The normalized spacial score (nSPS) is 12.8. The topological polar surface area (TPSA) is 3.24 Å². The number of halogens is 4. The molecule has 0 spiro atoms. The van der Waals surface area contributed by atoms with Gasteiger partial charge < -0.3 is 4.90 Å². The van der Waals surface area contributed by atoms with Gasteiger partial charge in [-0.05, 0) is 31.2 Å². The van der Waals surface area contributed by atoms with Gasteiger partial charge in [-0.2, -0.15) is 0 Å². The minimum atomic E-state index is -1.41. The van der Waals surface area contributed by atoms with Gasteiger partial charge in [-0.3, -0.25) is 0 Å². The number of hydrogen-bond acceptors (Lipinski definition) is 2. The summed E-state index contributed by atoms with van der Waals surface area (Å²) in [5.74, 6) is -5.59. The Morgan fingerprint density at radius 1 is 0.680 bits per heavy atom. The van der Waals surface area contributed by atoms with Crippen molar-refractivity contribution < 1.29 is 17.6 Å². The zero-order valence-electron chi connectivity index (χ0n) is 13.0. The lowest BCUT2D eigenvalue weighted by atomic mass is 10.1. The molecule has 1 aliphatic heterocycles. The van der Waals surface area contributed by atoms with Gasteiger partial charge in [0.25, 0.3) is 0 Å². The third-order valence-corrected chi connectivity index (χ3v) is 5.25. The average Bonchev–Trinajstić information content (AvgIpc) is 2.64. The Bertz CT molecular complexity index is 928. The molecule has 0 fully saturated rings. The number of para-hydroxylation sites is 2. The van der Waals surface area contributed by atoms with Crippen molar-refractivity contribution in [1.29, 1.82) is 0 Å². The average molecular weight is 361 g/mol. The monoisotopic (exact) mass is 361 g/mol. The van der Waals surface area contributed by atoms with Crippen LogP contribution in [-0.2, 0) is 0 Å². The lowest BCUT2D eigenvalue weighted by molar-refractivity contribution is 0.448. The molecule has 1 nitrogen and oxygen atoms in total. The molecule has 0 bridgehead atoms. The molecule has 0 N–H and O–H groups in total. The van der Waals surface area contributed by atoms with Crippen LogP contribution in [-0.4, -0.2) is 0 Å². The molecule has 3 aromatic carbocycles. The van der Waals surface area contributed by atoms with Crippen molar-refractivity contribution in [2.75, 3.05) is 4.90 Å². The number of benzene rings is 3. The molecular formula is C19H11F4NS. The largest absolute Gasteiger partial charge is 0.303 e. The van der Waals surface area contributed by atoms with Crippen molar-refractivity contribution in [3.63, 3.8) is 0 Å². The minimum absolute atomic E-state index is 0.464. The lowest BCUT2D eigenvalue weighted by Crippen LogP contribution is -2.19. The molecule has 0 aliphatic carbocycles. The fourth-order valence-electron chi connectivity index (χ4n) is 2.87. The maximum atomic E-state index is 14.6. The molecular weight excluding hydrogens is 350 g/mol. The Kier molecular flexibility index (Phi) is 3.72. The second-order valence-electron chi connectivity index (χ2n) is 5.60. The fourth-order valence-corrected chi connectivity index (χ4v) is 3.93. The van der Waals surface area contributed by atoms with Crippen LogP contribution in [0, 0.1) is 30.2 Å². The number of nitrogens with zero attached hydrogens (tertiary/aromatic N) is 1. The van der Waals surface area contributed by atoms with E-state index in [1.165, 1.54) is 16.7 Å². The highest BCUT2D eigenvalue weighted by Crippen LogP contribution is 2.52. The molecule has 0 radical (unpaired) electrons. The van der Waals surface area contributed by atoms with Crippen LogP contribution >= 0.6 is 11.8 Å². The predicted molar refractivity (Wildman–Crippen MR) is 89.8 cm³/mol. The van der Waals surface area contributed by atoms with Crippen molar-refractivity contribution in [3.05, 3.63) is 77.4 Å². The number of hydrogen-bond donors (Lipinski definition) is 0. The summed E-state index contributed by atoms with van der Waals surface area (Å²) < 4.78 is 57.5. The maximum absolute atomic E-state index is 14.6. The maximum Gasteiger partial charge on any atom is 0.186 e. The van der Waals surface area contributed by atoms with Gasteiger partial charge >= 0.3 is 0 Å². The SMILES string of the molecule is Cc1c(F)c(F)c(N2c3ccccc3Sc3ccccc32)c(F)c1F. The molecule has 0 aromatic heterocycles. The van der Waals surface area contributed by atoms with Crippen LogP contribution in [0.15, 0.2) is 58.3 Å². The molecule has 0 unspecified atom stereocenters. The third-order valence-electron chi connectivity index (χ3n) is 4.12. The molecule has 0 amide bonds. The van der Waals surface area contributed by atoms with Crippen molar-refractivity contribution in [1.82, 2.24) is 0 Å². The lowest BCUT2D eigenvalue weighted by Gasteiger charge is -2.33. The molecule has 0 saturated carbocycles. The van der Waals surface area contributed by atoms with Crippen LogP contribution in [0.25, 0.3) is 0 Å². The second kappa shape index (κ2) is 5.81. The van der Waals surface area contributed by atoms with Crippen LogP contribution in [0.5, 0.6) is 0 Å². The predicted octanol–water partition coefficient (Wildman–Crippen LogP) is 6.49. The van der Waals surface area contributed by atoms with E-state index in [1.54, 1.807) is 48.5 Å². The zero-order chi connectivity index (χ0) is 17.7. The second-order valence-corrected chi connectivity index (χ2v) is 6.69. The van der Waals surface area contributed by atoms with Gasteiger partial charge in [-0.15, -0.1) is 0 Å². The van der Waals surface area contributed by atoms with E-state index in [2.05, 4.69) is 0 Å². The summed E-state index contributed by atoms with van der Waals surface area (Å²) in [6.45, 7) is 1.01. The van der Waals surface area contributed by atoms with Gasteiger partial charge in [-0.1, -0.05) is 36.0 Å². The Morgan fingerprint density at radius 3 is 1.60 bits per heavy atom. The summed E-state index contributed by atoms with van der Waals surface area (Å²) in [4.78, 5) is 2.71. The number of anilines is 3. The van der Waals surface area contributed by atoms with Crippen molar-refractivity contribution in [2.45, 2.75) is 16.7 Å². The summed E-state index contributed by atoms with van der Waals surface area (Å²) in [7, 11) is 0. The zero-order valence-corrected chi connectivity index (χ0v) is 13.8. The molecule has 1 aliphatic rings. The molecule has 0 atom stereocenters. The van der Waals surface area contributed by atoms with Gasteiger partial charge in [0, 0.05) is 15.4 Å². The number of rotatable bonds is 1. The molecule has 0 saturated heterocycles. The fraction of sp³-hybridized carbons (Fsp3) is 0.0526. The van der Waals surface area contributed by atoms with Gasteiger partial charge in [0.05, 0.1) is 11.4 Å². The smallest absolute Gasteiger partial charge is 0.186 e. The Hall–Kier alpha value is -2.47. The number of fused-ring (bicyclic) bond motifs is 2. The van der Waals surface area contributed by atoms with Crippen molar-refractivity contribution in [2.24, 2.45) is 0 Å². The summed E-state index contributed by atoms with van der Waals surface area (Å²) in [5.41, 5.74) is -0.495. The van der Waals surface area contributed by atoms with E-state index in [0.29, 0.717) is 11.4 Å². The highest BCUT2D eigenvalue weighted by molar-refractivity contribution is 7.99. The molecule has 4 rings (SSSR count). The minimum Gasteiger partial charge on any atom is -0.303 e. The van der Waals surface area contributed by atoms with Crippen LogP contribution in [0.4, 0.5) is 34.6 Å². The van der Waals surface area contributed by atoms with Gasteiger partial charge in [0.1, 0.15) is 5.69 Å². The summed E-state index contributed by atoms with van der Waals surface area (Å²) >= 11 is 1.43. The summed E-state index contributed by atoms with van der Waals surface area (Å²) in [5, 5.41) is 0. The van der Waals surface area contributed by atoms with E-state index < -0.39 is 34.5 Å². The molecule has 25 heavy (non-hydrogen) atoms. The summed E-state index contributed by atoms with van der Waals surface area (Å²) in [6.07, 6.45) is 0. The van der Waals surface area contributed by atoms with E-state index in [0.717, 1.165) is 16.7 Å². The van der Waals surface area contributed by atoms with Gasteiger partial charge in [-0.25, -0.2) is 17.6 Å². The Morgan fingerprint density at radius 2 is 1.12 bits per heavy atom. The van der Waals surface area contributed by atoms with Gasteiger partial charge in [0.15, 0.2) is 23.3 Å². The Labute approximate surface area is 145 Å². The van der Waals surface area contributed by atoms with E-state index in [4.69, 9.17) is 0 Å². The van der Waals surface area contributed by atoms with Crippen molar-refractivity contribution >= 4 is 28.8 Å². The first-order chi connectivity index (χ1) is 12.0. The van der Waals surface area contributed by atoms with Crippen LogP contribution in [0.1, 0.15) is 5.56 Å². The molecule has 126 valence electrons. The van der Waals surface area contributed by atoms with Gasteiger partial charge in [0.2, 0.25) is 0 Å². The van der Waals surface area contributed by atoms with Crippen LogP contribution < -0.4 is 4.90 Å². The first-order valence-electron chi connectivity index (χ1n) is 7.49. The quantitative estimate of drug-likeness (QED) is 0.282. The van der Waals surface area contributed by atoms with E-state index >= 15 is 0 Å². The molecule has 6 heteroatoms.